The number of aliphatic hydroxyl groups is 2. The summed E-state index contributed by atoms with van der Waals surface area (Å²) in [5.74, 6) is -3.41. The summed E-state index contributed by atoms with van der Waals surface area (Å²) < 4.78 is 27.7. The Morgan fingerprint density at radius 2 is 2.12 bits per heavy atom. The number of nitrogens with one attached hydrogen (secondary N) is 1. The van der Waals surface area contributed by atoms with Crippen LogP contribution in [0, 0.1) is 0 Å². The summed E-state index contributed by atoms with van der Waals surface area (Å²) in [7, 11) is 0. The molecule has 1 aromatic carbocycles. The molecule has 3 nitrogen and oxygen atoms in total. The maximum atomic E-state index is 13.8. The van der Waals surface area contributed by atoms with Crippen LogP contribution in [0.2, 0.25) is 5.02 Å². The van der Waals surface area contributed by atoms with Gasteiger partial charge in [0.15, 0.2) is 5.60 Å². The Kier molecular flexibility index (Phi) is 3.01. The fourth-order valence-corrected chi connectivity index (χ4v) is 2.14. The first-order chi connectivity index (χ1) is 7.90. The summed E-state index contributed by atoms with van der Waals surface area (Å²) >= 11 is 5.74. The number of anilines is 1. The van der Waals surface area contributed by atoms with Crippen LogP contribution >= 0.6 is 11.6 Å². The molecule has 1 heterocycles. The van der Waals surface area contributed by atoms with E-state index in [2.05, 4.69) is 5.32 Å². The minimum absolute atomic E-state index is 0.0178. The zero-order valence-electron chi connectivity index (χ0n) is 8.88. The van der Waals surface area contributed by atoms with E-state index in [1.54, 1.807) is 0 Å². The van der Waals surface area contributed by atoms with Crippen LogP contribution in [0.5, 0.6) is 0 Å². The Labute approximate surface area is 102 Å². The summed E-state index contributed by atoms with van der Waals surface area (Å²) in [4.78, 5) is 0. The fraction of sp³-hybridized carbons (Fsp3) is 0.455. The van der Waals surface area contributed by atoms with Gasteiger partial charge in [-0.1, -0.05) is 11.6 Å². The van der Waals surface area contributed by atoms with Crippen molar-refractivity contribution >= 4 is 17.3 Å². The van der Waals surface area contributed by atoms with Gasteiger partial charge in [0, 0.05) is 29.2 Å². The SMILES string of the molecule is OCC1(O)c2cc(Cl)ccc2NCCC1(F)F. The van der Waals surface area contributed by atoms with E-state index >= 15 is 0 Å². The van der Waals surface area contributed by atoms with Crippen molar-refractivity contribution in [2.45, 2.75) is 17.9 Å². The lowest BCUT2D eigenvalue weighted by Gasteiger charge is -2.33. The Balaban J connectivity index is 2.64. The van der Waals surface area contributed by atoms with E-state index < -0.39 is 24.6 Å². The van der Waals surface area contributed by atoms with Crippen molar-refractivity contribution in [2.24, 2.45) is 0 Å². The van der Waals surface area contributed by atoms with Crippen LogP contribution in [0.25, 0.3) is 0 Å². The average molecular weight is 264 g/mol. The molecule has 0 saturated carbocycles. The molecule has 0 fully saturated rings. The van der Waals surface area contributed by atoms with Gasteiger partial charge in [-0.3, -0.25) is 0 Å². The molecule has 1 unspecified atom stereocenters. The number of benzene rings is 1. The number of hydrogen-bond donors (Lipinski definition) is 3. The third kappa shape index (κ3) is 1.88. The standard InChI is InChI=1S/C11H12ClF2NO2/c12-7-1-2-9-8(5-7)10(17,6-16)11(13,14)3-4-15-9/h1-2,5,15-17H,3-4,6H2. The first-order valence-corrected chi connectivity index (χ1v) is 5.53. The van der Waals surface area contributed by atoms with Gasteiger partial charge >= 0.3 is 0 Å². The van der Waals surface area contributed by atoms with Crippen molar-refractivity contribution in [3.63, 3.8) is 0 Å². The molecule has 1 aromatic rings. The van der Waals surface area contributed by atoms with E-state index in [9.17, 15) is 13.9 Å². The van der Waals surface area contributed by atoms with Crippen LogP contribution in [-0.2, 0) is 5.60 Å². The van der Waals surface area contributed by atoms with Gasteiger partial charge in [-0.25, -0.2) is 8.78 Å². The third-order valence-corrected chi connectivity index (χ3v) is 3.25. The zero-order chi connectivity index (χ0) is 12.7. The molecule has 0 radical (unpaired) electrons. The maximum Gasteiger partial charge on any atom is 0.284 e. The molecule has 6 heteroatoms. The molecule has 2 rings (SSSR count). The molecular formula is C11H12ClF2NO2. The fourth-order valence-electron chi connectivity index (χ4n) is 1.97. The number of fused-ring (bicyclic) bond motifs is 1. The first kappa shape index (κ1) is 12.5. The molecule has 0 aromatic heterocycles. The van der Waals surface area contributed by atoms with Crippen molar-refractivity contribution in [2.75, 3.05) is 18.5 Å². The van der Waals surface area contributed by atoms with Gasteiger partial charge < -0.3 is 15.5 Å². The van der Waals surface area contributed by atoms with Crippen LogP contribution in [-0.4, -0.2) is 29.3 Å². The van der Waals surface area contributed by atoms with Gasteiger partial charge in [0.1, 0.15) is 0 Å². The van der Waals surface area contributed by atoms with E-state index in [1.165, 1.54) is 18.2 Å². The minimum Gasteiger partial charge on any atom is -0.393 e. The van der Waals surface area contributed by atoms with E-state index in [-0.39, 0.29) is 17.1 Å². The molecule has 94 valence electrons. The third-order valence-electron chi connectivity index (χ3n) is 3.02. The highest BCUT2D eigenvalue weighted by atomic mass is 35.5. The Morgan fingerprint density at radius 1 is 1.41 bits per heavy atom. The van der Waals surface area contributed by atoms with Crippen LogP contribution < -0.4 is 5.32 Å². The number of alkyl halides is 2. The second-order valence-corrected chi connectivity index (χ2v) is 4.53. The average Bonchev–Trinajstić information content (AvgIpc) is 2.37. The van der Waals surface area contributed by atoms with Gasteiger partial charge in [-0.15, -0.1) is 0 Å². The molecule has 1 aliphatic rings. The van der Waals surface area contributed by atoms with E-state index in [1.807, 2.05) is 0 Å². The Hall–Kier alpha value is -0.910. The second kappa shape index (κ2) is 4.08. The van der Waals surface area contributed by atoms with Crippen LogP contribution in [0.4, 0.5) is 14.5 Å². The van der Waals surface area contributed by atoms with E-state index in [0.717, 1.165) is 0 Å². The van der Waals surface area contributed by atoms with E-state index in [0.29, 0.717) is 5.69 Å². The molecular weight excluding hydrogens is 252 g/mol. The van der Waals surface area contributed by atoms with Gasteiger partial charge in [-0.05, 0) is 18.2 Å². The monoisotopic (exact) mass is 263 g/mol. The normalized spacial score (nSPS) is 26.9. The number of halogens is 3. The van der Waals surface area contributed by atoms with Crippen molar-refractivity contribution in [1.82, 2.24) is 0 Å². The molecule has 0 amide bonds. The highest BCUT2D eigenvalue weighted by Crippen LogP contribution is 2.45. The quantitative estimate of drug-likeness (QED) is 0.726. The minimum atomic E-state index is -3.41. The zero-order valence-corrected chi connectivity index (χ0v) is 9.64. The summed E-state index contributed by atoms with van der Waals surface area (Å²) in [6.45, 7) is -1.04. The van der Waals surface area contributed by atoms with Crippen molar-refractivity contribution < 1.29 is 19.0 Å². The molecule has 1 aliphatic heterocycles. The largest absolute Gasteiger partial charge is 0.393 e. The molecule has 0 aliphatic carbocycles. The summed E-state index contributed by atoms with van der Waals surface area (Å²) in [6.07, 6.45) is -0.559. The molecule has 0 bridgehead atoms. The highest BCUT2D eigenvalue weighted by molar-refractivity contribution is 6.30. The van der Waals surface area contributed by atoms with Crippen molar-refractivity contribution in [3.8, 4) is 0 Å². The molecule has 3 N–H and O–H groups in total. The second-order valence-electron chi connectivity index (χ2n) is 4.09. The number of aliphatic hydroxyl groups excluding tert-OH is 1. The predicted molar refractivity (Wildman–Crippen MR) is 60.5 cm³/mol. The lowest BCUT2D eigenvalue weighted by molar-refractivity contribution is -0.205. The molecule has 0 spiro atoms. The lowest BCUT2D eigenvalue weighted by atomic mass is 9.86. The topological polar surface area (TPSA) is 52.5 Å². The smallest absolute Gasteiger partial charge is 0.284 e. The Morgan fingerprint density at radius 3 is 2.76 bits per heavy atom. The van der Waals surface area contributed by atoms with Crippen LogP contribution in [0.1, 0.15) is 12.0 Å². The van der Waals surface area contributed by atoms with Crippen LogP contribution in [0.3, 0.4) is 0 Å². The van der Waals surface area contributed by atoms with Crippen molar-refractivity contribution in [3.05, 3.63) is 28.8 Å². The molecule has 0 saturated heterocycles. The van der Waals surface area contributed by atoms with Crippen LogP contribution in [0.15, 0.2) is 18.2 Å². The van der Waals surface area contributed by atoms with Gasteiger partial charge in [-0.2, -0.15) is 0 Å². The van der Waals surface area contributed by atoms with Gasteiger partial charge in [0.25, 0.3) is 5.92 Å². The number of hydrogen-bond acceptors (Lipinski definition) is 3. The van der Waals surface area contributed by atoms with E-state index in [4.69, 9.17) is 16.7 Å². The summed E-state index contributed by atoms with van der Waals surface area (Å²) in [5, 5.41) is 22.2. The molecule has 1 atom stereocenters. The summed E-state index contributed by atoms with van der Waals surface area (Å²) in [5.41, 5.74) is -2.31. The first-order valence-electron chi connectivity index (χ1n) is 5.16. The van der Waals surface area contributed by atoms with Crippen molar-refractivity contribution in [1.29, 1.82) is 0 Å². The van der Waals surface area contributed by atoms with Gasteiger partial charge in [0.2, 0.25) is 0 Å². The summed E-state index contributed by atoms with van der Waals surface area (Å²) in [6, 6.07) is 4.30. The lowest BCUT2D eigenvalue weighted by Crippen LogP contribution is -2.48. The Bertz CT molecular complexity index is 441. The maximum absolute atomic E-state index is 13.8. The van der Waals surface area contributed by atoms with Gasteiger partial charge in [0.05, 0.1) is 6.61 Å². The number of rotatable bonds is 1. The molecule has 17 heavy (non-hydrogen) atoms. The highest BCUT2D eigenvalue weighted by Gasteiger charge is 2.55. The predicted octanol–water partition coefficient (Wildman–Crippen LogP) is 1.97.